The number of rotatable bonds is 2. The number of amides is 1. The second-order valence-electron chi connectivity index (χ2n) is 3.64. The Kier molecular flexibility index (Phi) is 3.44. The van der Waals surface area contributed by atoms with E-state index < -0.39 is 0 Å². The number of carbonyl (C=O) groups excluding carboxylic acids is 1. The molecule has 0 radical (unpaired) electrons. The van der Waals surface area contributed by atoms with Gasteiger partial charge in [-0.05, 0) is 24.6 Å². The lowest BCUT2D eigenvalue weighted by atomic mass is 10.1. The van der Waals surface area contributed by atoms with Gasteiger partial charge in [-0.1, -0.05) is 22.0 Å². The Hall–Kier alpha value is -2.13. The molecule has 6 heteroatoms. The fraction of sp³-hybridized carbons (Fsp3) is 0.0833. The zero-order valence-corrected chi connectivity index (χ0v) is 11.1. The van der Waals surface area contributed by atoms with Crippen LogP contribution in [0.25, 0.3) is 0 Å². The Morgan fingerprint density at radius 2 is 2.33 bits per heavy atom. The van der Waals surface area contributed by atoms with E-state index in [4.69, 9.17) is 5.26 Å². The first-order valence-electron chi connectivity index (χ1n) is 5.13. The number of anilines is 1. The summed E-state index contributed by atoms with van der Waals surface area (Å²) in [5, 5.41) is 17.7. The molecule has 0 bridgehead atoms. The molecule has 0 aliphatic rings. The van der Waals surface area contributed by atoms with Crippen molar-refractivity contribution in [2.24, 2.45) is 0 Å². The summed E-state index contributed by atoms with van der Waals surface area (Å²) in [7, 11) is 0. The van der Waals surface area contributed by atoms with Crippen LogP contribution < -0.4 is 5.32 Å². The minimum absolute atomic E-state index is 0.283. The number of hydrogen-bond acceptors (Lipinski definition) is 3. The second-order valence-corrected chi connectivity index (χ2v) is 4.49. The van der Waals surface area contributed by atoms with Crippen molar-refractivity contribution in [1.29, 1.82) is 5.26 Å². The standard InChI is InChI=1S/C12H9BrN4O/c1-7-9(3-2-4-10(7)13)12(18)16-11-8(5-14)6-15-17-11/h2-4,6H,1H3,(H2,15,16,17,18). The van der Waals surface area contributed by atoms with E-state index in [-0.39, 0.29) is 5.91 Å². The SMILES string of the molecule is Cc1c(Br)cccc1C(=O)Nc1[nH]ncc1C#N. The molecular formula is C12H9BrN4O. The van der Waals surface area contributed by atoms with Crippen LogP contribution in [-0.4, -0.2) is 16.1 Å². The summed E-state index contributed by atoms with van der Waals surface area (Å²) in [5.41, 5.74) is 1.69. The van der Waals surface area contributed by atoms with Gasteiger partial charge in [0.15, 0.2) is 0 Å². The van der Waals surface area contributed by atoms with E-state index in [9.17, 15) is 4.79 Å². The number of aromatic nitrogens is 2. The molecule has 5 nitrogen and oxygen atoms in total. The molecule has 90 valence electrons. The van der Waals surface area contributed by atoms with Gasteiger partial charge in [0.05, 0.1) is 6.20 Å². The Balaban J connectivity index is 2.29. The molecule has 0 fully saturated rings. The molecule has 1 aromatic heterocycles. The largest absolute Gasteiger partial charge is 0.306 e. The van der Waals surface area contributed by atoms with E-state index in [1.807, 2.05) is 19.1 Å². The predicted molar refractivity (Wildman–Crippen MR) is 70.1 cm³/mol. The number of H-pyrrole nitrogens is 1. The lowest BCUT2D eigenvalue weighted by Gasteiger charge is -2.07. The lowest BCUT2D eigenvalue weighted by molar-refractivity contribution is 0.102. The number of nitrogens with one attached hydrogen (secondary N) is 2. The Bertz CT molecular complexity index is 642. The molecule has 18 heavy (non-hydrogen) atoms. The number of carbonyl (C=O) groups is 1. The highest BCUT2D eigenvalue weighted by molar-refractivity contribution is 9.10. The summed E-state index contributed by atoms with van der Waals surface area (Å²) in [6, 6.07) is 7.31. The van der Waals surface area contributed by atoms with Crippen LogP contribution in [0.2, 0.25) is 0 Å². The van der Waals surface area contributed by atoms with Crippen molar-refractivity contribution < 1.29 is 4.79 Å². The smallest absolute Gasteiger partial charge is 0.257 e. The maximum Gasteiger partial charge on any atom is 0.257 e. The van der Waals surface area contributed by atoms with Gasteiger partial charge in [-0.25, -0.2) is 0 Å². The monoisotopic (exact) mass is 304 g/mol. The predicted octanol–water partition coefficient (Wildman–Crippen LogP) is 2.60. The molecule has 0 unspecified atom stereocenters. The van der Waals surface area contributed by atoms with Crippen molar-refractivity contribution in [3.8, 4) is 6.07 Å². The van der Waals surface area contributed by atoms with Gasteiger partial charge >= 0.3 is 0 Å². The van der Waals surface area contributed by atoms with Gasteiger partial charge in [-0.2, -0.15) is 10.4 Å². The van der Waals surface area contributed by atoms with Gasteiger partial charge in [0, 0.05) is 10.0 Å². The Labute approximate surface area is 112 Å². The minimum atomic E-state index is -0.283. The number of nitrogens with zero attached hydrogens (tertiary/aromatic N) is 2. The first-order valence-corrected chi connectivity index (χ1v) is 5.92. The van der Waals surface area contributed by atoms with Crippen molar-refractivity contribution in [3.05, 3.63) is 45.6 Å². The van der Waals surface area contributed by atoms with Gasteiger partial charge in [0.2, 0.25) is 0 Å². The molecular weight excluding hydrogens is 296 g/mol. The number of halogens is 1. The van der Waals surface area contributed by atoms with Crippen LogP contribution in [0.1, 0.15) is 21.5 Å². The van der Waals surface area contributed by atoms with Crippen LogP contribution in [0.15, 0.2) is 28.9 Å². The van der Waals surface area contributed by atoms with Crippen LogP contribution >= 0.6 is 15.9 Å². The highest BCUT2D eigenvalue weighted by Crippen LogP contribution is 2.20. The minimum Gasteiger partial charge on any atom is -0.306 e. The lowest BCUT2D eigenvalue weighted by Crippen LogP contribution is -2.14. The molecule has 0 spiro atoms. The van der Waals surface area contributed by atoms with Crippen molar-refractivity contribution in [3.63, 3.8) is 0 Å². The average Bonchev–Trinajstić information content (AvgIpc) is 2.79. The molecule has 2 N–H and O–H groups in total. The Morgan fingerprint density at radius 3 is 3.06 bits per heavy atom. The summed E-state index contributed by atoms with van der Waals surface area (Å²) >= 11 is 3.37. The quantitative estimate of drug-likeness (QED) is 0.894. The highest BCUT2D eigenvalue weighted by Gasteiger charge is 2.13. The molecule has 0 saturated heterocycles. The average molecular weight is 305 g/mol. The third-order valence-electron chi connectivity index (χ3n) is 2.51. The maximum absolute atomic E-state index is 12.1. The highest BCUT2D eigenvalue weighted by atomic mass is 79.9. The number of hydrogen-bond donors (Lipinski definition) is 2. The van der Waals surface area contributed by atoms with Crippen LogP contribution in [-0.2, 0) is 0 Å². The third-order valence-corrected chi connectivity index (χ3v) is 3.37. The summed E-state index contributed by atoms with van der Waals surface area (Å²) in [6.45, 7) is 1.84. The van der Waals surface area contributed by atoms with Crippen molar-refractivity contribution >= 4 is 27.7 Å². The molecule has 0 aliphatic carbocycles. The molecule has 1 amide bonds. The first-order chi connectivity index (χ1) is 8.63. The van der Waals surface area contributed by atoms with Crippen molar-refractivity contribution in [2.75, 3.05) is 5.32 Å². The van der Waals surface area contributed by atoms with Crippen LogP contribution in [0.4, 0.5) is 5.82 Å². The molecule has 0 atom stereocenters. The summed E-state index contributed by atoms with van der Waals surface area (Å²) in [6.07, 6.45) is 1.36. The molecule has 1 heterocycles. The van der Waals surface area contributed by atoms with E-state index >= 15 is 0 Å². The van der Waals surface area contributed by atoms with Gasteiger partial charge in [0.25, 0.3) is 5.91 Å². The molecule has 0 saturated carbocycles. The summed E-state index contributed by atoms with van der Waals surface area (Å²) in [5.74, 6) is 0.0245. The number of nitriles is 1. The fourth-order valence-corrected chi connectivity index (χ4v) is 1.87. The van der Waals surface area contributed by atoms with E-state index in [1.54, 1.807) is 12.1 Å². The number of aromatic amines is 1. The van der Waals surface area contributed by atoms with Gasteiger partial charge in [-0.3, -0.25) is 9.89 Å². The van der Waals surface area contributed by atoms with E-state index in [1.165, 1.54) is 6.20 Å². The van der Waals surface area contributed by atoms with Crippen LogP contribution in [0.5, 0.6) is 0 Å². The van der Waals surface area contributed by atoms with Crippen LogP contribution in [0.3, 0.4) is 0 Å². The van der Waals surface area contributed by atoms with Crippen LogP contribution in [0, 0.1) is 18.3 Å². The summed E-state index contributed by atoms with van der Waals surface area (Å²) < 4.78 is 0.861. The van der Waals surface area contributed by atoms with Crippen molar-refractivity contribution in [2.45, 2.75) is 6.92 Å². The van der Waals surface area contributed by atoms with Gasteiger partial charge in [0.1, 0.15) is 17.5 Å². The third kappa shape index (κ3) is 2.26. The topological polar surface area (TPSA) is 81.6 Å². The van der Waals surface area contributed by atoms with E-state index in [0.29, 0.717) is 16.9 Å². The molecule has 2 aromatic rings. The fourth-order valence-electron chi connectivity index (χ4n) is 1.50. The normalized spacial score (nSPS) is 9.83. The zero-order valence-electron chi connectivity index (χ0n) is 9.49. The maximum atomic E-state index is 12.1. The van der Waals surface area contributed by atoms with E-state index in [0.717, 1.165) is 10.0 Å². The van der Waals surface area contributed by atoms with Gasteiger partial charge in [-0.15, -0.1) is 0 Å². The molecule has 1 aromatic carbocycles. The van der Waals surface area contributed by atoms with Gasteiger partial charge < -0.3 is 5.32 Å². The summed E-state index contributed by atoms with van der Waals surface area (Å²) in [4.78, 5) is 12.1. The zero-order chi connectivity index (χ0) is 13.1. The molecule has 2 rings (SSSR count). The first kappa shape index (κ1) is 12.3. The van der Waals surface area contributed by atoms with E-state index in [2.05, 4.69) is 31.4 Å². The number of benzene rings is 1. The Morgan fingerprint density at radius 1 is 1.56 bits per heavy atom. The molecule has 0 aliphatic heterocycles. The second kappa shape index (κ2) is 5.02. The van der Waals surface area contributed by atoms with Crippen molar-refractivity contribution in [1.82, 2.24) is 10.2 Å².